The Balaban J connectivity index is 0.000000495. The van der Waals surface area contributed by atoms with Gasteiger partial charge in [0.15, 0.2) is 11.3 Å². The van der Waals surface area contributed by atoms with Gasteiger partial charge in [0.05, 0.1) is 6.54 Å². The number of aromatic nitrogens is 5. The minimum absolute atomic E-state index is 0.0803. The number of halogens is 1. The van der Waals surface area contributed by atoms with Crippen molar-refractivity contribution in [2.45, 2.75) is 40.7 Å². The van der Waals surface area contributed by atoms with Crippen LogP contribution in [0.1, 0.15) is 43.2 Å². The first kappa shape index (κ1) is 26.7. The smallest absolute Gasteiger partial charge is 0.358 e. The van der Waals surface area contributed by atoms with Crippen LogP contribution in [0.25, 0.3) is 5.65 Å². The van der Waals surface area contributed by atoms with Crippen molar-refractivity contribution in [1.82, 2.24) is 24.4 Å². The number of aliphatic carboxylic acids is 1. The normalized spacial score (nSPS) is 9.23. The molecule has 0 fully saturated rings. The summed E-state index contributed by atoms with van der Waals surface area (Å²) in [7, 11) is 0. The van der Waals surface area contributed by atoms with E-state index in [4.69, 9.17) is 26.6 Å². The number of carboxylic acid groups (broad SMARTS) is 2. The third-order valence-corrected chi connectivity index (χ3v) is 3.02. The van der Waals surface area contributed by atoms with E-state index in [1.807, 2.05) is 18.2 Å². The van der Waals surface area contributed by atoms with Gasteiger partial charge in [-0.15, -0.1) is 16.7 Å². The van der Waals surface area contributed by atoms with Gasteiger partial charge in [0, 0.05) is 12.8 Å². The summed E-state index contributed by atoms with van der Waals surface area (Å²) in [6, 6.07) is 10.3. The van der Waals surface area contributed by atoms with Crippen molar-refractivity contribution in [2.24, 2.45) is 0 Å². The maximum absolute atomic E-state index is 11.7. The predicted octanol–water partition coefficient (Wildman–Crippen LogP) is 2.73. The highest BCUT2D eigenvalue weighted by Crippen LogP contribution is 2.01. The van der Waals surface area contributed by atoms with Gasteiger partial charge >= 0.3 is 11.7 Å². The van der Waals surface area contributed by atoms with Crippen molar-refractivity contribution >= 4 is 29.2 Å². The second-order valence-corrected chi connectivity index (χ2v) is 6.13. The zero-order chi connectivity index (χ0) is 23.1. The van der Waals surface area contributed by atoms with Crippen molar-refractivity contribution in [3.8, 4) is 0 Å². The predicted molar refractivity (Wildman–Crippen MR) is 113 cm³/mol. The lowest BCUT2D eigenvalue weighted by molar-refractivity contribution is -0.134. The number of carbonyl (C=O) groups is 2. The van der Waals surface area contributed by atoms with E-state index in [0.29, 0.717) is 0 Å². The van der Waals surface area contributed by atoms with Crippen LogP contribution < -0.4 is 5.69 Å². The number of fused-ring (bicyclic) bond motifs is 1. The first-order valence-corrected chi connectivity index (χ1v) is 9.54. The van der Waals surface area contributed by atoms with Crippen LogP contribution in [0.15, 0.2) is 41.5 Å². The van der Waals surface area contributed by atoms with Gasteiger partial charge in [-0.1, -0.05) is 61.4 Å². The number of nitrogens with zero attached hydrogens (tertiary/aromatic N) is 5. The van der Waals surface area contributed by atoms with E-state index in [2.05, 4.69) is 48.2 Å². The number of rotatable bonds is 3. The number of aromatic carboxylic acids is 1. The molecule has 0 unspecified atom stereocenters. The number of carboxylic acids is 2. The fourth-order valence-corrected chi connectivity index (χ4v) is 1.90. The number of hydrogen-bond acceptors (Lipinski definition) is 6. The highest BCUT2D eigenvalue weighted by molar-refractivity contribution is 6.17. The minimum Gasteiger partial charge on any atom is -0.481 e. The third-order valence-electron chi connectivity index (χ3n) is 2.86. The molecular formula is C19H26ClN5O5. The molecule has 2 heterocycles. The molecule has 0 amide bonds. The van der Waals surface area contributed by atoms with Crippen LogP contribution >= 0.6 is 11.6 Å². The molecule has 1 aromatic carbocycles. The summed E-state index contributed by atoms with van der Waals surface area (Å²) in [5, 5.41) is 23.4. The Morgan fingerprint density at radius 3 is 2.07 bits per heavy atom. The first-order valence-electron chi connectivity index (χ1n) is 9.00. The van der Waals surface area contributed by atoms with Gasteiger partial charge in [0.2, 0.25) is 0 Å². The molecule has 3 aromatic rings. The summed E-state index contributed by atoms with van der Waals surface area (Å²) in [4.78, 5) is 35.0. The summed E-state index contributed by atoms with van der Waals surface area (Å²) in [6.45, 7) is 7.61. The van der Waals surface area contributed by atoms with Crippen LogP contribution in [-0.2, 0) is 11.3 Å². The van der Waals surface area contributed by atoms with Gasteiger partial charge in [0.1, 0.15) is 6.33 Å². The quantitative estimate of drug-likeness (QED) is 0.593. The number of benzene rings is 1. The SMILES string of the molecule is CC(=O)O.CCC.Cc1ccccc1.O=C(O)c1ncn2c(=O)n(CCCl)nnc12. The number of hydrogen-bond donors (Lipinski definition) is 2. The molecule has 0 aliphatic rings. The summed E-state index contributed by atoms with van der Waals surface area (Å²) in [5.41, 5.74) is 0.416. The highest BCUT2D eigenvalue weighted by atomic mass is 35.5. The lowest BCUT2D eigenvalue weighted by Crippen LogP contribution is -2.30. The number of aryl methyl sites for hydroxylation is 2. The Bertz CT molecular complexity index is 968. The maximum atomic E-state index is 11.7. The van der Waals surface area contributed by atoms with Crippen LogP contribution in [0.3, 0.4) is 0 Å². The monoisotopic (exact) mass is 439 g/mol. The van der Waals surface area contributed by atoms with Crippen LogP contribution in [0.2, 0.25) is 0 Å². The lowest BCUT2D eigenvalue weighted by atomic mass is 10.2. The molecule has 10 nitrogen and oxygen atoms in total. The molecule has 30 heavy (non-hydrogen) atoms. The van der Waals surface area contributed by atoms with E-state index >= 15 is 0 Å². The average Bonchev–Trinajstić information content (AvgIpc) is 3.11. The van der Waals surface area contributed by atoms with E-state index in [0.717, 1.165) is 22.3 Å². The number of imidazole rings is 1. The molecule has 2 aromatic heterocycles. The van der Waals surface area contributed by atoms with E-state index < -0.39 is 17.6 Å². The Labute approximate surface area is 178 Å². The summed E-state index contributed by atoms with van der Waals surface area (Å²) in [5.74, 6) is -1.88. The lowest BCUT2D eigenvalue weighted by Gasteiger charge is -1.99. The van der Waals surface area contributed by atoms with Crippen LogP contribution in [0, 0.1) is 6.92 Å². The van der Waals surface area contributed by atoms with E-state index in [-0.39, 0.29) is 23.8 Å². The minimum atomic E-state index is -1.26. The van der Waals surface area contributed by atoms with Crippen molar-refractivity contribution in [3.63, 3.8) is 0 Å². The van der Waals surface area contributed by atoms with Gasteiger partial charge in [0.25, 0.3) is 5.97 Å². The van der Waals surface area contributed by atoms with Crippen molar-refractivity contribution in [1.29, 1.82) is 0 Å². The standard InChI is InChI=1S/C7H6ClN5O3.C7H8.C3H8.C2H4O2/c8-1-2-13-7(16)12-3-9-4(6(14)15)5(12)10-11-13;1-7-5-3-2-4-6-7;1-3-2;1-2(3)4/h3H,1-2H2,(H,14,15);2-6H,1H3;3H2,1-2H3;1H3,(H,3,4). The Morgan fingerprint density at radius 1 is 1.13 bits per heavy atom. The highest BCUT2D eigenvalue weighted by Gasteiger charge is 2.16. The molecule has 0 bridgehead atoms. The molecule has 2 N–H and O–H groups in total. The third kappa shape index (κ3) is 9.78. The molecule has 0 saturated carbocycles. The molecule has 0 spiro atoms. The molecule has 164 valence electrons. The topological polar surface area (TPSA) is 140 Å². The number of alkyl halides is 1. The van der Waals surface area contributed by atoms with E-state index in [9.17, 15) is 9.59 Å². The summed E-state index contributed by atoms with van der Waals surface area (Å²) in [6.07, 6.45) is 2.35. The zero-order valence-electron chi connectivity index (χ0n) is 17.3. The van der Waals surface area contributed by atoms with Gasteiger partial charge in [-0.05, 0) is 6.92 Å². The van der Waals surface area contributed by atoms with Gasteiger partial charge in [-0.3, -0.25) is 4.79 Å². The van der Waals surface area contributed by atoms with Crippen LogP contribution in [0.5, 0.6) is 0 Å². The fourth-order valence-electron chi connectivity index (χ4n) is 1.74. The molecule has 0 radical (unpaired) electrons. The molecular weight excluding hydrogens is 414 g/mol. The first-order chi connectivity index (χ1) is 14.2. The average molecular weight is 440 g/mol. The van der Waals surface area contributed by atoms with Crippen LogP contribution in [-0.4, -0.2) is 52.4 Å². The largest absolute Gasteiger partial charge is 0.481 e. The second-order valence-electron chi connectivity index (χ2n) is 5.76. The summed E-state index contributed by atoms with van der Waals surface area (Å²) >= 11 is 5.47. The van der Waals surface area contributed by atoms with Crippen molar-refractivity contribution < 1.29 is 19.8 Å². The summed E-state index contributed by atoms with van der Waals surface area (Å²) < 4.78 is 2.05. The van der Waals surface area contributed by atoms with E-state index in [1.165, 1.54) is 12.0 Å². The van der Waals surface area contributed by atoms with Gasteiger partial charge in [-0.2, -0.15) is 4.68 Å². The van der Waals surface area contributed by atoms with Gasteiger partial charge < -0.3 is 10.2 Å². The Hall–Kier alpha value is -3.27. The van der Waals surface area contributed by atoms with Crippen molar-refractivity contribution in [3.05, 3.63) is 58.4 Å². The van der Waals surface area contributed by atoms with Gasteiger partial charge in [-0.25, -0.2) is 19.0 Å². The fraction of sp³-hybridized carbons (Fsp3) is 0.368. The second kappa shape index (κ2) is 14.7. The Morgan fingerprint density at radius 2 is 1.67 bits per heavy atom. The molecule has 0 aliphatic carbocycles. The molecule has 11 heteroatoms. The van der Waals surface area contributed by atoms with Crippen LogP contribution in [0.4, 0.5) is 0 Å². The molecule has 0 saturated heterocycles. The van der Waals surface area contributed by atoms with E-state index in [1.54, 1.807) is 0 Å². The van der Waals surface area contributed by atoms with Crippen molar-refractivity contribution in [2.75, 3.05) is 5.88 Å². The Kier molecular flexibility index (Phi) is 13.1. The zero-order valence-corrected chi connectivity index (χ0v) is 18.1. The maximum Gasteiger partial charge on any atom is 0.358 e. The molecule has 0 aliphatic heterocycles. The molecule has 3 rings (SSSR count). The molecule has 0 atom stereocenters.